The highest BCUT2D eigenvalue weighted by Gasteiger charge is 2.15. The molecule has 0 atom stereocenters. The zero-order valence-corrected chi connectivity index (χ0v) is 14.3. The van der Waals surface area contributed by atoms with Crippen LogP contribution in [0.3, 0.4) is 0 Å². The molecule has 2 heterocycles. The number of nitrogens with zero attached hydrogens (tertiary/aromatic N) is 2. The van der Waals surface area contributed by atoms with E-state index >= 15 is 0 Å². The Hall–Kier alpha value is -3.35. The third-order valence-electron chi connectivity index (χ3n) is 3.69. The Labute approximate surface area is 150 Å². The molecule has 2 aromatic heterocycles. The molecule has 0 aliphatic carbocycles. The maximum atomic E-state index is 12.0. The Morgan fingerprint density at radius 3 is 2.88 bits per heavy atom. The van der Waals surface area contributed by atoms with Crippen LogP contribution in [0, 0.1) is 0 Å². The van der Waals surface area contributed by atoms with Gasteiger partial charge in [-0.05, 0) is 42.3 Å². The molecule has 1 N–H and O–H groups in total. The fourth-order valence-corrected chi connectivity index (χ4v) is 2.39. The SMILES string of the molecule is CCc1cccc(NC(=O)COC(=O)c2ccc(Cn3cccn3)o2)c1. The molecule has 0 radical (unpaired) electrons. The number of amides is 1. The molecule has 0 unspecified atom stereocenters. The van der Waals surface area contributed by atoms with E-state index in [1.165, 1.54) is 6.07 Å². The van der Waals surface area contributed by atoms with E-state index in [0.717, 1.165) is 12.0 Å². The van der Waals surface area contributed by atoms with Gasteiger partial charge in [0.15, 0.2) is 6.61 Å². The van der Waals surface area contributed by atoms with E-state index in [2.05, 4.69) is 10.4 Å². The predicted molar refractivity (Wildman–Crippen MR) is 94.8 cm³/mol. The smallest absolute Gasteiger partial charge is 0.374 e. The minimum Gasteiger partial charge on any atom is -0.452 e. The molecule has 0 fully saturated rings. The Morgan fingerprint density at radius 1 is 1.23 bits per heavy atom. The second-order valence-electron chi connectivity index (χ2n) is 5.65. The lowest BCUT2D eigenvalue weighted by molar-refractivity contribution is -0.119. The fraction of sp³-hybridized carbons (Fsp3) is 0.211. The maximum Gasteiger partial charge on any atom is 0.374 e. The highest BCUT2D eigenvalue weighted by Crippen LogP contribution is 2.12. The van der Waals surface area contributed by atoms with Crippen molar-refractivity contribution in [3.05, 3.63) is 71.9 Å². The van der Waals surface area contributed by atoms with E-state index in [4.69, 9.17) is 9.15 Å². The van der Waals surface area contributed by atoms with Gasteiger partial charge in [0.2, 0.25) is 5.76 Å². The van der Waals surface area contributed by atoms with Crippen molar-refractivity contribution in [2.45, 2.75) is 19.9 Å². The first-order valence-corrected chi connectivity index (χ1v) is 8.26. The molecular weight excluding hydrogens is 334 g/mol. The van der Waals surface area contributed by atoms with E-state index in [0.29, 0.717) is 18.0 Å². The molecule has 7 nitrogen and oxygen atoms in total. The zero-order chi connectivity index (χ0) is 18.4. The second-order valence-corrected chi connectivity index (χ2v) is 5.65. The topological polar surface area (TPSA) is 86.4 Å². The van der Waals surface area contributed by atoms with Crippen molar-refractivity contribution in [1.82, 2.24) is 9.78 Å². The minimum atomic E-state index is -0.686. The van der Waals surface area contributed by atoms with Crippen LogP contribution in [0.1, 0.15) is 28.8 Å². The molecule has 1 aromatic carbocycles. The third kappa shape index (κ3) is 4.60. The van der Waals surface area contributed by atoms with Crippen molar-refractivity contribution in [1.29, 1.82) is 0 Å². The Kier molecular flexibility index (Phi) is 5.48. The molecule has 134 valence electrons. The predicted octanol–water partition coefficient (Wildman–Crippen LogP) is 2.88. The largest absolute Gasteiger partial charge is 0.452 e. The number of carbonyl (C=O) groups is 2. The molecule has 3 aromatic rings. The lowest BCUT2D eigenvalue weighted by Crippen LogP contribution is -2.20. The van der Waals surface area contributed by atoms with Crippen LogP contribution in [0.2, 0.25) is 0 Å². The Balaban J connectivity index is 1.50. The molecule has 0 spiro atoms. The number of aryl methyl sites for hydroxylation is 1. The summed E-state index contributed by atoms with van der Waals surface area (Å²) in [5.41, 5.74) is 1.78. The monoisotopic (exact) mass is 353 g/mol. The molecule has 7 heteroatoms. The minimum absolute atomic E-state index is 0.0490. The molecule has 3 rings (SSSR count). The first-order valence-electron chi connectivity index (χ1n) is 8.26. The maximum absolute atomic E-state index is 12.0. The van der Waals surface area contributed by atoms with Gasteiger partial charge in [-0.25, -0.2) is 4.79 Å². The molecular formula is C19H19N3O4. The summed E-state index contributed by atoms with van der Waals surface area (Å²) in [6.45, 7) is 2.06. The molecule has 0 aliphatic heterocycles. The van der Waals surface area contributed by atoms with Gasteiger partial charge in [0.25, 0.3) is 5.91 Å². The number of esters is 1. The quantitative estimate of drug-likeness (QED) is 0.660. The van der Waals surface area contributed by atoms with E-state index in [9.17, 15) is 9.59 Å². The number of aromatic nitrogens is 2. The summed E-state index contributed by atoms with van der Waals surface area (Å²) in [6.07, 6.45) is 4.32. The van der Waals surface area contributed by atoms with Crippen LogP contribution < -0.4 is 5.32 Å². The fourth-order valence-electron chi connectivity index (χ4n) is 2.39. The van der Waals surface area contributed by atoms with Crippen LogP contribution in [-0.2, 0) is 22.5 Å². The van der Waals surface area contributed by atoms with Gasteiger partial charge in [0.1, 0.15) is 5.76 Å². The van der Waals surface area contributed by atoms with Crippen LogP contribution in [0.5, 0.6) is 0 Å². The molecule has 0 saturated carbocycles. The number of carbonyl (C=O) groups excluding carboxylic acids is 2. The van der Waals surface area contributed by atoms with Gasteiger partial charge in [-0.1, -0.05) is 19.1 Å². The van der Waals surface area contributed by atoms with Crippen LogP contribution in [0.4, 0.5) is 5.69 Å². The van der Waals surface area contributed by atoms with Gasteiger partial charge < -0.3 is 14.5 Å². The normalized spacial score (nSPS) is 10.5. The van der Waals surface area contributed by atoms with Crippen LogP contribution in [-0.4, -0.2) is 28.3 Å². The number of anilines is 1. The molecule has 0 saturated heterocycles. The van der Waals surface area contributed by atoms with Gasteiger partial charge in [-0.2, -0.15) is 5.10 Å². The summed E-state index contributed by atoms with van der Waals surface area (Å²) < 4.78 is 12.1. The summed E-state index contributed by atoms with van der Waals surface area (Å²) in [4.78, 5) is 23.9. The Morgan fingerprint density at radius 2 is 2.12 bits per heavy atom. The number of ether oxygens (including phenoxy) is 1. The summed E-state index contributed by atoms with van der Waals surface area (Å²) in [6, 6.07) is 12.5. The highest BCUT2D eigenvalue weighted by atomic mass is 16.5. The summed E-state index contributed by atoms with van der Waals surface area (Å²) in [5, 5.41) is 6.76. The zero-order valence-electron chi connectivity index (χ0n) is 14.3. The van der Waals surface area contributed by atoms with E-state index < -0.39 is 11.9 Å². The van der Waals surface area contributed by atoms with Gasteiger partial charge in [0, 0.05) is 18.1 Å². The van der Waals surface area contributed by atoms with Crippen molar-refractivity contribution in [2.24, 2.45) is 0 Å². The molecule has 1 amide bonds. The number of rotatable bonds is 7. The van der Waals surface area contributed by atoms with Crippen molar-refractivity contribution in [2.75, 3.05) is 11.9 Å². The van der Waals surface area contributed by atoms with Crippen LogP contribution in [0.25, 0.3) is 0 Å². The second kappa shape index (κ2) is 8.15. The number of benzene rings is 1. The third-order valence-corrected chi connectivity index (χ3v) is 3.69. The van der Waals surface area contributed by atoms with Crippen LogP contribution in [0.15, 0.2) is 59.3 Å². The van der Waals surface area contributed by atoms with Gasteiger partial charge in [-0.3, -0.25) is 9.48 Å². The average molecular weight is 353 g/mol. The summed E-state index contributed by atoms with van der Waals surface area (Å²) in [7, 11) is 0. The Bertz CT molecular complexity index is 884. The van der Waals surface area contributed by atoms with Gasteiger partial charge in [0.05, 0.1) is 6.54 Å². The number of hydrogen-bond acceptors (Lipinski definition) is 5. The number of furan rings is 1. The van der Waals surface area contributed by atoms with Crippen LogP contribution >= 0.6 is 0 Å². The van der Waals surface area contributed by atoms with E-state index in [1.807, 2.05) is 25.1 Å². The van der Waals surface area contributed by atoms with Gasteiger partial charge >= 0.3 is 5.97 Å². The van der Waals surface area contributed by atoms with Gasteiger partial charge in [-0.15, -0.1) is 0 Å². The molecule has 0 bridgehead atoms. The lowest BCUT2D eigenvalue weighted by Gasteiger charge is -2.07. The van der Waals surface area contributed by atoms with Crippen molar-refractivity contribution >= 4 is 17.6 Å². The number of nitrogens with one attached hydrogen (secondary N) is 1. The molecule has 0 aliphatic rings. The molecule has 26 heavy (non-hydrogen) atoms. The number of hydrogen-bond donors (Lipinski definition) is 1. The standard InChI is InChI=1S/C19H19N3O4/c1-2-14-5-3-6-15(11-14)21-18(23)13-25-19(24)17-8-7-16(26-17)12-22-10-4-9-20-22/h3-11H,2,12-13H2,1H3,(H,21,23). The summed E-state index contributed by atoms with van der Waals surface area (Å²) in [5.74, 6) is -0.474. The van der Waals surface area contributed by atoms with E-state index in [-0.39, 0.29) is 12.4 Å². The average Bonchev–Trinajstić information content (AvgIpc) is 3.32. The van der Waals surface area contributed by atoms with Crippen molar-refractivity contribution < 1.29 is 18.7 Å². The van der Waals surface area contributed by atoms with Crippen molar-refractivity contribution in [3.63, 3.8) is 0 Å². The van der Waals surface area contributed by atoms with E-state index in [1.54, 1.807) is 35.3 Å². The summed E-state index contributed by atoms with van der Waals surface area (Å²) >= 11 is 0. The first kappa shape index (κ1) is 17.5. The lowest BCUT2D eigenvalue weighted by atomic mass is 10.1. The highest BCUT2D eigenvalue weighted by molar-refractivity contribution is 5.94. The first-order chi connectivity index (χ1) is 12.6. The van der Waals surface area contributed by atoms with Crippen molar-refractivity contribution in [3.8, 4) is 0 Å².